The van der Waals surface area contributed by atoms with Gasteiger partial charge in [0.25, 0.3) is 0 Å². The Morgan fingerprint density at radius 2 is 1.70 bits per heavy atom. The zero-order chi connectivity index (χ0) is 18.6. The van der Waals surface area contributed by atoms with E-state index >= 15 is 0 Å². The van der Waals surface area contributed by atoms with Crippen molar-refractivity contribution in [2.45, 2.75) is 12.8 Å². The predicted octanol–water partition coefficient (Wildman–Crippen LogP) is 2.54. The van der Waals surface area contributed by atoms with Gasteiger partial charge in [-0.25, -0.2) is 4.79 Å². The Morgan fingerprint density at radius 1 is 0.963 bits per heavy atom. The van der Waals surface area contributed by atoms with Gasteiger partial charge in [-0.3, -0.25) is 4.79 Å². The number of urea groups is 1. The average Bonchev–Trinajstić information content (AvgIpc) is 3.16. The van der Waals surface area contributed by atoms with E-state index in [1.165, 1.54) is 5.56 Å². The number of anilines is 1. The first-order chi connectivity index (χ1) is 13.2. The summed E-state index contributed by atoms with van der Waals surface area (Å²) < 4.78 is 5.51. The number of hydrogen-bond acceptors (Lipinski definition) is 3. The number of ether oxygens (including phenoxy) is 1. The number of carbonyl (C=O) groups is 2. The summed E-state index contributed by atoms with van der Waals surface area (Å²) in [5, 5.41) is 2.89. The number of benzene rings is 2. The lowest BCUT2D eigenvalue weighted by Crippen LogP contribution is -2.52. The maximum atomic E-state index is 12.6. The molecule has 2 heterocycles. The summed E-state index contributed by atoms with van der Waals surface area (Å²) in [6.45, 7) is 2.94. The normalized spacial score (nSPS) is 15.9. The van der Waals surface area contributed by atoms with Gasteiger partial charge in [0.2, 0.25) is 5.91 Å². The van der Waals surface area contributed by atoms with E-state index in [9.17, 15) is 9.59 Å². The van der Waals surface area contributed by atoms with Gasteiger partial charge in [0.15, 0.2) is 0 Å². The van der Waals surface area contributed by atoms with E-state index in [-0.39, 0.29) is 11.9 Å². The van der Waals surface area contributed by atoms with E-state index in [2.05, 4.69) is 11.4 Å². The van der Waals surface area contributed by atoms with Crippen molar-refractivity contribution >= 4 is 17.6 Å². The minimum atomic E-state index is -0.119. The smallest absolute Gasteiger partial charge is 0.321 e. The molecule has 3 amide bonds. The van der Waals surface area contributed by atoms with Crippen LogP contribution in [0.5, 0.6) is 5.75 Å². The molecule has 0 aromatic heterocycles. The zero-order valence-corrected chi connectivity index (χ0v) is 15.2. The number of carbonyl (C=O) groups excluding carboxylic acids is 2. The fourth-order valence-corrected chi connectivity index (χ4v) is 3.52. The molecule has 0 spiro atoms. The minimum Gasteiger partial charge on any atom is -0.493 e. The Bertz CT molecular complexity index is 830. The molecule has 0 unspecified atom stereocenters. The van der Waals surface area contributed by atoms with Crippen LogP contribution in [-0.4, -0.2) is 54.5 Å². The van der Waals surface area contributed by atoms with Crippen LogP contribution in [0.4, 0.5) is 10.5 Å². The minimum absolute atomic E-state index is 0.108. The fraction of sp³-hybridized carbons (Fsp3) is 0.333. The maximum Gasteiger partial charge on any atom is 0.321 e. The summed E-state index contributed by atoms with van der Waals surface area (Å²) in [5.74, 6) is 1.04. The first-order valence-electron chi connectivity index (χ1n) is 9.32. The molecule has 1 N–H and O–H groups in total. The molecule has 2 aromatic rings. The Kier molecular flexibility index (Phi) is 4.96. The molecule has 0 bridgehead atoms. The van der Waals surface area contributed by atoms with Crippen LogP contribution < -0.4 is 10.1 Å². The van der Waals surface area contributed by atoms with Gasteiger partial charge in [0, 0.05) is 38.3 Å². The highest BCUT2D eigenvalue weighted by Gasteiger charge is 2.24. The summed E-state index contributed by atoms with van der Waals surface area (Å²) in [5.41, 5.74) is 2.98. The Labute approximate surface area is 158 Å². The zero-order valence-electron chi connectivity index (χ0n) is 15.2. The van der Waals surface area contributed by atoms with E-state index in [1.807, 2.05) is 47.4 Å². The van der Waals surface area contributed by atoms with Gasteiger partial charge in [-0.1, -0.05) is 30.3 Å². The van der Waals surface area contributed by atoms with Gasteiger partial charge in [0.05, 0.1) is 13.0 Å². The highest BCUT2D eigenvalue weighted by atomic mass is 16.5. The van der Waals surface area contributed by atoms with Crippen molar-refractivity contribution in [1.29, 1.82) is 0 Å². The summed E-state index contributed by atoms with van der Waals surface area (Å²) >= 11 is 0. The molecule has 1 saturated heterocycles. The molecule has 0 saturated carbocycles. The standard InChI is InChI=1S/C21H23N3O3/c25-20(15-16-6-7-19-17(14-16)8-13-27-19)23-9-11-24(12-10-23)21(26)22-18-4-2-1-3-5-18/h1-7,14H,8-13,15H2,(H,22,26). The Morgan fingerprint density at radius 3 is 2.48 bits per heavy atom. The number of amides is 3. The second-order valence-electron chi connectivity index (χ2n) is 6.88. The molecule has 2 aromatic carbocycles. The number of para-hydroxylation sites is 1. The lowest BCUT2D eigenvalue weighted by atomic mass is 10.1. The molecule has 6 heteroatoms. The second-order valence-corrected chi connectivity index (χ2v) is 6.88. The van der Waals surface area contributed by atoms with Crippen LogP contribution in [0.3, 0.4) is 0 Å². The fourth-order valence-electron chi connectivity index (χ4n) is 3.52. The van der Waals surface area contributed by atoms with Gasteiger partial charge in [-0.2, -0.15) is 0 Å². The third-order valence-electron chi connectivity index (χ3n) is 5.05. The molecule has 140 valence electrons. The monoisotopic (exact) mass is 365 g/mol. The van der Waals surface area contributed by atoms with Gasteiger partial charge < -0.3 is 19.9 Å². The quantitative estimate of drug-likeness (QED) is 0.909. The summed E-state index contributed by atoms with van der Waals surface area (Å²) in [6, 6.07) is 15.3. The van der Waals surface area contributed by atoms with E-state index in [1.54, 1.807) is 4.90 Å². The van der Waals surface area contributed by atoms with Crippen molar-refractivity contribution in [3.63, 3.8) is 0 Å². The van der Waals surface area contributed by atoms with Crippen LogP contribution in [0.2, 0.25) is 0 Å². The molecular weight excluding hydrogens is 342 g/mol. The van der Waals surface area contributed by atoms with Crippen LogP contribution in [0.25, 0.3) is 0 Å². The molecule has 0 radical (unpaired) electrons. The number of fused-ring (bicyclic) bond motifs is 1. The molecule has 1 fully saturated rings. The number of rotatable bonds is 3. The van der Waals surface area contributed by atoms with Crippen molar-refractivity contribution in [2.75, 3.05) is 38.1 Å². The van der Waals surface area contributed by atoms with Crippen molar-refractivity contribution in [1.82, 2.24) is 9.80 Å². The summed E-state index contributed by atoms with van der Waals surface area (Å²) in [4.78, 5) is 28.6. The maximum absolute atomic E-state index is 12.6. The van der Waals surface area contributed by atoms with Crippen LogP contribution in [0.1, 0.15) is 11.1 Å². The number of piperazine rings is 1. The molecule has 0 aliphatic carbocycles. The average molecular weight is 365 g/mol. The van der Waals surface area contributed by atoms with Gasteiger partial charge in [-0.15, -0.1) is 0 Å². The van der Waals surface area contributed by atoms with E-state index in [0.29, 0.717) is 32.6 Å². The molecule has 0 atom stereocenters. The predicted molar refractivity (Wildman–Crippen MR) is 103 cm³/mol. The van der Waals surface area contributed by atoms with Crippen molar-refractivity contribution in [3.8, 4) is 5.75 Å². The van der Waals surface area contributed by atoms with Crippen LogP contribution >= 0.6 is 0 Å². The van der Waals surface area contributed by atoms with Crippen molar-refractivity contribution in [3.05, 3.63) is 59.7 Å². The number of nitrogens with zero attached hydrogens (tertiary/aromatic N) is 2. The van der Waals surface area contributed by atoms with Crippen molar-refractivity contribution in [2.24, 2.45) is 0 Å². The third kappa shape index (κ3) is 4.05. The van der Waals surface area contributed by atoms with E-state index in [4.69, 9.17) is 4.74 Å². The van der Waals surface area contributed by atoms with Gasteiger partial charge in [-0.05, 0) is 29.3 Å². The van der Waals surface area contributed by atoms with Crippen LogP contribution in [0.15, 0.2) is 48.5 Å². The molecule has 2 aliphatic heterocycles. The van der Waals surface area contributed by atoms with Crippen LogP contribution in [0, 0.1) is 0 Å². The molecular formula is C21H23N3O3. The summed E-state index contributed by atoms with van der Waals surface area (Å²) in [7, 11) is 0. The van der Waals surface area contributed by atoms with E-state index < -0.39 is 0 Å². The number of hydrogen-bond donors (Lipinski definition) is 1. The second kappa shape index (κ2) is 7.70. The summed E-state index contributed by atoms with van der Waals surface area (Å²) in [6.07, 6.45) is 1.30. The highest BCUT2D eigenvalue weighted by molar-refractivity contribution is 5.89. The Balaban J connectivity index is 1.28. The highest BCUT2D eigenvalue weighted by Crippen LogP contribution is 2.26. The van der Waals surface area contributed by atoms with E-state index in [0.717, 1.165) is 30.0 Å². The largest absolute Gasteiger partial charge is 0.493 e. The third-order valence-corrected chi connectivity index (χ3v) is 5.05. The van der Waals surface area contributed by atoms with Crippen molar-refractivity contribution < 1.29 is 14.3 Å². The topological polar surface area (TPSA) is 61.9 Å². The van der Waals surface area contributed by atoms with Crippen LogP contribution in [-0.2, 0) is 17.6 Å². The first-order valence-corrected chi connectivity index (χ1v) is 9.32. The molecule has 6 nitrogen and oxygen atoms in total. The molecule has 27 heavy (non-hydrogen) atoms. The lowest BCUT2D eigenvalue weighted by molar-refractivity contribution is -0.131. The lowest BCUT2D eigenvalue weighted by Gasteiger charge is -2.34. The Hall–Kier alpha value is -3.02. The first kappa shape index (κ1) is 17.4. The molecule has 4 rings (SSSR count). The van der Waals surface area contributed by atoms with Gasteiger partial charge in [0.1, 0.15) is 5.75 Å². The number of nitrogens with one attached hydrogen (secondary N) is 1. The van der Waals surface area contributed by atoms with Gasteiger partial charge >= 0.3 is 6.03 Å². The molecule has 2 aliphatic rings. The SMILES string of the molecule is O=C(Cc1ccc2c(c1)CCO2)N1CCN(C(=O)Nc2ccccc2)CC1.